The Kier molecular flexibility index (Phi) is 4.91. The van der Waals surface area contributed by atoms with Crippen LogP contribution in [0, 0.1) is 0 Å². The lowest BCUT2D eigenvalue weighted by atomic mass is 10.4. The molecule has 0 aliphatic heterocycles. The van der Waals surface area contributed by atoms with Gasteiger partial charge < -0.3 is 11.1 Å². The molecular weight excluding hydrogens is 325 g/mol. The Morgan fingerprint density at radius 3 is 2.52 bits per heavy atom. The molecule has 0 aliphatic rings. The van der Waals surface area contributed by atoms with Gasteiger partial charge in [0.25, 0.3) is 5.91 Å². The van der Waals surface area contributed by atoms with Crippen LogP contribution in [-0.4, -0.2) is 22.4 Å². The van der Waals surface area contributed by atoms with E-state index in [0.29, 0.717) is 10.0 Å². The SMILES string of the molecule is NCc1nc(C(=O)NCCc2nc(C(F)(F)F)cs2)cs1. The van der Waals surface area contributed by atoms with Gasteiger partial charge >= 0.3 is 6.18 Å². The lowest BCUT2D eigenvalue weighted by molar-refractivity contribution is -0.140. The second-order valence-corrected chi connectivity index (χ2v) is 5.85. The molecule has 0 saturated heterocycles. The number of carbonyl (C=O) groups is 1. The van der Waals surface area contributed by atoms with Gasteiger partial charge in [-0.05, 0) is 0 Å². The fourth-order valence-electron chi connectivity index (χ4n) is 1.44. The number of nitrogens with one attached hydrogen (secondary N) is 1. The van der Waals surface area contributed by atoms with Crippen molar-refractivity contribution in [1.29, 1.82) is 0 Å². The molecule has 0 unspecified atom stereocenters. The van der Waals surface area contributed by atoms with E-state index >= 15 is 0 Å². The van der Waals surface area contributed by atoms with Crippen molar-refractivity contribution in [3.8, 4) is 0 Å². The van der Waals surface area contributed by atoms with Crippen molar-refractivity contribution in [2.75, 3.05) is 6.54 Å². The predicted molar refractivity (Wildman–Crippen MR) is 73.2 cm³/mol. The predicted octanol–water partition coefficient (Wildman–Crippen LogP) is 2.05. The first-order chi connectivity index (χ1) is 9.90. The molecule has 2 heterocycles. The molecule has 0 aromatic carbocycles. The Hall–Kier alpha value is -1.52. The number of carbonyl (C=O) groups excluding carboxylic acids is 1. The maximum atomic E-state index is 12.4. The van der Waals surface area contributed by atoms with E-state index in [0.717, 1.165) is 16.7 Å². The van der Waals surface area contributed by atoms with Gasteiger partial charge in [-0.15, -0.1) is 22.7 Å². The monoisotopic (exact) mass is 336 g/mol. The van der Waals surface area contributed by atoms with E-state index in [9.17, 15) is 18.0 Å². The summed E-state index contributed by atoms with van der Waals surface area (Å²) in [6.07, 6.45) is -4.20. The van der Waals surface area contributed by atoms with Gasteiger partial charge in [-0.25, -0.2) is 9.97 Å². The summed E-state index contributed by atoms with van der Waals surface area (Å²) < 4.78 is 37.1. The minimum absolute atomic E-state index is 0.194. The maximum Gasteiger partial charge on any atom is 0.434 e. The summed E-state index contributed by atoms with van der Waals surface area (Å²) in [6, 6.07) is 0. The number of halogens is 3. The number of hydrogen-bond acceptors (Lipinski definition) is 6. The minimum Gasteiger partial charge on any atom is -0.350 e. The molecule has 2 rings (SSSR count). The summed E-state index contributed by atoms with van der Waals surface area (Å²) in [5, 5.41) is 6.10. The highest BCUT2D eigenvalue weighted by Crippen LogP contribution is 2.29. The van der Waals surface area contributed by atoms with Crippen LogP contribution in [0.5, 0.6) is 0 Å². The van der Waals surface area contributed by atoms with Crippen molar-refractivity contribution in [3.63, 3.8) is 0 Å². The third-order valence-corrected chi connectivity index (χ3v) is 4.21. The minimum atomic E-state index is -4.43. The molecule has 5 nitrogen and oxygen atoms in total. The van der Waals surface area contributed by atoms with Crippen LogP contribution < -0.4 is 11.1 Å². The van der Waals surface area contributed by atoms with Crippen LogP contribution in [0.1, 0.15) is 26.2 Å². The molecule has 0 atom stereocenters. The molecule has 0 aliphatic carbocycles. The molecule has 0 radical (unpaired) electrons. The van der Waals surface area contributed by atoms with Gasteiger partial charge in [0.2, 0.25) is 0 Å². The van der Waals surface area contributed by atoms with E-state index in [2.05, 4.69) is 15.3 Å². The van der Waals surface area contributed by atoms with Crippen molar-refractivity contribution >= 4 is 28.6 Å². The molecule has 3 N–H and O–H groups in total. The summed E-state index contributed by atoms with van der Waals surface area (Å²) in [4.78, 5) is 19.2. The quantitative estimate of drug-likeness (QED) is 0.876. The zero-order valence-electron chi connectivity index (χ0n) is 10.6. The molecule has 2 aromatic rings. The van der Waals surface area contributed by atoms with Crippen LogP contribution in [0.2, 0.25) is 0 Å². The summed E-state index contributed by atoms with van der Waals surface area (Å²) in [5.74, 6) is -0.376. The molecule has 1 amide bonds. The van der Waals surface area contributed by atoms with Crippen molar-refractivity contribution in [3.05, 3.63) is 32.2 Å². The van der Waals surface area contributed by atoms with Crippen molar-refractivity contribution < 1.29 is 18.0 Å². The van der Waals surface area contributed by atoms with Crippen LogP contribution in [0.25, 0.3) is 0 Å². The number of amides is 1. The fourth-order valence-corrected chi connectivity index (χ4v) is 2.90. The molecule has 10 heteroatoms. The molecule has 114 valence electrons. The largest absolute Gasteiger partial charge is 0.434 e. The average molecular weight is 336 g/mol. The molecule has 21 heavy (non-hydrogen) atoms. The number of hydrogen-bond donors (Lipinski definition) is 2. The molecule has 0 spiro atoms. The van der Waals surface area contributed by atoms with Gasteiger partial charge in [0, 0.05) is 30.3 Å². The van der Waals surface area contributed by atoms with Crippen LogP contribution in [0.4, 0.5) is 13.2 Å². The molecule has 0 bridgehead atoms. The van der Waals surface area contributed by atoms with Crippen molar-refractivity contribution in [2.45, 2.75) is 19.1 Å². The number of alkyl halides is 3. The van der Waals surface area contributed by atoms with Gasteiger partial charge in [-0.2, -0.15) is 13.2 Å². The van der Waals surface area contributed by atoms with E-state index in [-0.39, 0.29) is 31.1 Å². The van der Waals surface area contributed by atoms with Crippen LogP contribution in [0.3, 0.4) is 0 Å². The topological polar surface area (TPSA) is 80.9 Å². The number of nitrogens with two attached hydrogens (primary N) is 1. The Morgan fingerprint density at radius 2 is 1.95 bits per heavy atom. The number of rotatable bonds is 5. The normalized spacial score (nSPS) is 11.6. The molecule has 0 saturated carbocycles. The fraction of sp³-hybridized carbons (Fsp3) is 0.364. The Bertz CT molecular complexity index is 623. The molecular formula is C11H11F3N4OS2. The highest BCUT2D eigenvalue weighted by Gasteiger charge is 2.33. The van der Waals surface area contributed by atoms with E-state index < -0.39 is 11.9 Å². The smallest absolute Gasteiger partial charge is 0.350 e. The Morgan fingerprint density at radius 1 is 1.24 bits per heavy atom. The van der Waals surface area contributed by atoms with E-state index in [1.54, 1.807) is 5.38 Å². The number of nitrogens with zero attached hydrogens (tertiary/aromatic N) is 2. The molecule has 0 fully saturated rings. The first kappa shape index (κ1) is 15.9. The lowest BCUT2D eigenvalue weighted by Gasteiger charge is -2.02. The standard InChI is InChI=1S/C11H11F3N4OS2/c12-11(13,14)7-5-21-8(18-7)1-2-16-10(19)6-4-20-9(3-15)17-6/h4-5H,1-3,15H2,(H,16,19). The van der Waals surface area contributed by atoms with Gasteiger partial charge in [-0.1, -0.05) is 0 Å². The second kappa shape index (κ2) is 6.50. The molecule has 2 aromatic heterocycles. The third-order valence-electron chi connectivity index (χ3n) is 2.43. The first-order valence-corrected chi connectivity index (χ1v) is 7.60. The summed E-state index contributed by atoms with van der Waals surface area (Å²) in [6.45, 7) is 0.455. The lowest BCUT2D eigenvalue weighted by Crippen LogP contribution is -2.26. The van der Waals surface area contributed by atoms with Gasteiger partial charge in [-0.3, -0.25) is 4.79 Å². The Labute approximate surface area is 126 Å². The van der Waals surface area contributed by atoms with Crippen molar-refractivity contribution in [2.24, 2.45) is 5.73 Å². The average Bonchev–Trinajstić information content (AvgIpc) is 3.06. The highest BCUT2D eigenvalue weighted by atomic mass is 32.1. The van der Waals surface area contributed by atoms with E-state index in [1.165, 1.54) is 11.3 Å². The summed E-state index contributed by atoms with van der Waals surface area (Å²) >= 11 is 2.20. The zero-order chi connectivity index (χ0) is 15.5. The van der Waals surface area contributed by atoms with Crippen molar-refractivity contribution in [1.82, 2.24) is 15.3 Å². The van der Waals surface area contributed by atoms with Gasteiger partial charge in [0.05, 0.1) is 5.01 Å². The number of thiazole rings is 2. The second-order valence-electron chi connectivity index (χ2n) is 3.96. The maximum absolute atomic E-state index is 12.4. The third kappa shape index (κ3) is 4.22. The van der Waals surface area contributed by atoms with E-state index in [1.807, 2.05) is 0 Å². The summed E-state index contributed by atoms with van der Waals surface area (Å²) in [7, 11) is 0. The van der Waals surface area contributed by atoms with Gasteiger partial charge in [0.1, 0.15) is 10.7 Å². The highest BCUT2D eigenvalue weighted by molar-refractivity contribution is 7.10. The van der Waals surface area contributed by atoms with Crippen LogP contribution in [0.15, 0.2) is 10.8 Å². The zero-order valence-corrected chi connectivity index (χ0v) is 12.2. The van der Waals surface area contributed by atoms with Gasteiger partial charge in [0.15, 0.2) is 5.69 Å². The first-order valence-electron chi connectivity index (χ1n) is 5.84. The Balaban J connectivity index is 1.84. The van der Waals surface area contributed by atoms with E-state index in [4.69, 9.17) is 5.73 Å². The summed E-state index contributed by atoms with van der Waals surface area (Å²) in [5.41, 5.74) is 4.75. The van der Waals surface area contributed by atoms with Crippen LogP contribution >= 0.6 is 22.7 Å². The van der Waals surface area contributed by atoms with Crippen LogP contribution in [-0.2, 0) is 19.1 Å². The number of aromatic nitrogens is 2.